The van der Waals surface area contributed by atoms with Crippen molar-refractivity contribution in [3.8, 4) is 0 Å². The van der Waals surface area contributed by atoms with Gasteiger partial charge in [-0.3, -0.25) is 0 Å². The van der Waals surface area contributed by atoms with E-state index >= 15 is 0 Å². The molecule has 2 atom stereocenters. The lowest BCUT2D eigenvalue weighted by molar-refractivity contribution is 0.0278. The summed E-state index contributed by atoms with van der Waals surface area (Å²) in [4.78, 5) is 0. The number of aliphatic hydroxyl groups is 2. The van der Waals surface area contributed by atoms with Crippen LogP contribution in [-0.4, -0.2) is 34.1 Å². The zero-order valence-corrected chi connectivity index (χ0v) is 8.39. The molecule has 0 saturated carbocycles. The van der Waals surface area contributed by atoms with Crippen molar-refractivity contribution in [1.29, 1.82) is 0 Å². The summed E-state index contributed by atoms with van der Waals surface area (Å²) in [5.41, 5.74) is 5.25. The molecular formula is C8H19NO2S. The van der Waals surface area contributed by atoms with Crippen molar-refractivity contribution in [2.45, 2.75) is 38.4 Å². The Hall–Kier alpha value is 0.230. The third-order valence-electron chi connectivity index (χ3n) is 1.70. The van der Waals surface area contributed by atoms with Crippen LogP contribution in [0, 0.1) is 0 Å². The Bertz CT molecular complexity index is 91.1. The van der Waals surface area contributed by atoms with Gasteiger partial charge in [0.15, 0.2) is 0 Å². The molecule has 0 radical (unpaired) electrons. The fourth-order valence-corrected chi connectivity index (χ4v) is 1.51. The second-order valence-corrected chi connectivity index (χ2v) is 3.89. The molecule has 0 aromatic heterocycles. The van der Waals surface area contributed by atoms with Crippen LogP contribution in [0.25, 0.3) is 0 Å². The van der Waals surface area contributed by atoms with Gasteiger partial charge in [-0.25, -0.2) is 0 Å². The molecule has 74 valence electrons. The molecule has 4 heteroatoms. The summed E-state index contributed by atoms with van der Waals surface area (Å²) in [6.07, 6.45) is 1.50. The van der Waals surface area contributed by atoms with Gasteiger partial charge >= 0.3 is 0 Å². The molecule has 0 saturated heterocycles. The number of hydrogen-bond donors (Lipinski definition) is 3. The zero-order valence-electron chi connectivity index (χ0n) is 7.57. The molecule has 0 heterocycles. The van der Waals surface area contributed by atoms with Crippen molar-refractivity contribution in [2.24, 2.45) is 5.73 Å². The number of unbranched alkanes of at least 4 members (excludes halogenated alkanes) is 1. The van der Waals surface area contributed by atoms with Crippen LogP contribution >= 0.6 is 11.8 Å². The SMILES string of the molecule is CCCCC(O)C(O)CSCN. The van der Waals surface area contributed by atoms with E-state index < -0.39 is 12.2 Å². The summed E-state index contributed by atoms with van der Waals surface area (Å²) < 4.78 is 0. The third-order valence-corrected chi connectivity index (χ3v) is 2.52. The van der Waals surface area contributed by atoms with E-state index in [1.54, 1.807) is 0 Å². The number of nitrogens with two attached hydrogens (primary N) is 1. The van der Waals surface area contributed by atoms with Gasteiger partial charge in [0, 0.05) is 11.6 Å². The second-order valence-electron chi connectivity index (χ2n) is 2.81. The van der Waals surface area contributed by atoms with Gasteiger partial charge in [0.2, 0.25) is 0 Å². The topological polar surface area (TPSA) is 66.5 Å². The average Bonchev–Trinajstić information content (AvgIpc) is 2.10. The van der Waals surface area contributed by atoms with Gasteiger partial charge in [-0.05, 0) is 6.42 Å². The second kappa shape index (κ2) is 7.86. The van der Waals surface area contributed by atoms with Gasteiger partial charge in [-0.2, -0.15) is 0 Å². The van der Waals surface area contributed by atoms with Gasteiger partial charge in [-0.15, -0.1) is 11.8 Å². The minimum absolute atomic E-state index is 0.498. The Morgan fingerprint density at radius 1 is 1.33 bits per heavy atom. The van der Waals surface area contributed by atoms with Crippen LogP contribution in [0.1, 0.15) is 26.2 Å². The van der Waals surface area contributed by atoms with E-state index in [0.717, 1.165) is 12.8 Å². The zero-order chi connectivity index (χ0) is 9.40. The molecule has 0 aromatic rings. The highest BCUT2D eigenvalue weighted by Crippen LogP contribution is 2.09. The lowest BCUT2D eigenvalue weighted by atomic mass is 10.1. The molecule has 0 rings (SSSR count). The number of aliphatic hydroxyl groups excluding tert-OH is 2. The normalized spacial score (nSPS) is 16.0. The molecule has 3 nitrogen and oxygen atoms in total. The van der Waals surface area contributed by atoms with E-state index in [-0.39, 0.29) is 0 Å². The van der Waals surface area contributed by atoms with Crippen LogP contribution in [0.5, 0.6) is 0 Å². The maximum absolute atomic E-state index is 9.37. The highest BCUT2D eigenvalue weighted by molar-refractivity contribution is 7.99. The lowest BCUT2D eigenvalue weighted by Gasteiger charge is -2.16. The summed E-state index contributed by atoms with van der Waals surface area (Å²) in [6, 6.07) is 0. The van der Waals surface area contributed by atoms with Gasteiger partial charge in [-0.1, -0.05) is 19.8 Å². The molecule has 12 heavy (non-hydrogen) atoms. The molecule has 0 aliphatic rings. The Kier molecular flexibility index (Phi) is 8.01. The minimum Gasteiger partial charge on any atom is -0.390 e. The molecule has 0 aromatic carbocycles. The van der Waals surface area contributed by atoms with Crippen LogP contribution in [0.3, 0.4) is 0 Å². The first kappa shape index (κ1) is 12.2. The summed E-state index contributed by atoms with van der Waals surface area (Å²) in [5, 5.41) is 18.7. The quantitative estimate of drug-likeness (QED) is 0.517. The van der Waals surface area contributed by atoms with Crippen LogP contribution < -0.4 is 5.73 Å². The van der Waals surface area contributed by atoms with E-state index in [9.17, 15) is 10.2 Å². The average molecular weight is 193 g/mol. The van der Waals surface area contributed by atoms with Crippen molar-refractivity contribution < 1.29 is 10.2 Å². The summed E-state index contributed by atoms with van der Waals surface area (Å²) in [7, 11) is 0. The molecule has 0 fully saturated rings. The van der Waals surface area contributed by atoms with E-state index in [1.807, 2.05) is 0 Å². The summed E-state index contributed by atoms with van der Waals surface area (Å²) in [5.74, 6) is 1.03. The minimum atomic E-state index is -0.620. The Balaban J connectivity index is 3.39. The Morgan fingerprint density at radius 2 is 2.00 bits per heavy atom. The predicted octanol–water partition coefficient (Wildman–Crippen LogP) is 0.548. The van der Waals surface area contributed by atoms with Crippen molar-refractivity contribution in [1.82, 2.24) is 0 Å². The summed E-state index contributed by atoms with van der Waals surface area (Å²) in [6.45, 7) is 2.06. The maximum atomic E-state index is 9.37. The largest absolute Gasteiger partial charge is 0.390 e. The van der Waals surface area contributed by atoms with Crippen molar-refractivity contribution in [3.63, 3.8) is 0 Å². The van der Waals surface area contributed by atoms with E-state index in [2.05, 4.69) is 6.92 Å². The highest BCUT2D eigenvalue weighted by Gasteiger charge is 2.14. The van der Waals surface area contributed by atoms with Gasteiger partial charge in [0.05, 0.1) is 12.2 Å². The Morgan fingerprint density at radius 3 is 2.50 bits per heavy atom. The number of thioether (sulfide) groups is 1. The first-order valence-corrected chi connectivity index (χ1v) is 5.51. The van der Waals surface area contributed by atoms with Gasteiger partial charge < -0.3 is 15.9 Å². The number of rotatable bonds is 7. The predicted molar refractivity (Wildman–Crippen MR) is 53.1 cm³/mol. The molecule has 0 bridgehead atoms. The highest BCUT2D eigenvalue weighted by atomic mass is 32.2. The smallest absolute Gasteiger partial charge is 0.0889 e. The van der Waals surface area contributed by atoms with Crippen LogP contribution in [0.15, 0.2) is 0 Å². The molecule has 4 N–H and O–H groups in total. The molecule has 2 unspecified atom stereocenters. The Labute approximate surface area is 78.3 Å². The standard InChI is InChI=1S/C8H19NO2S/c1-2-3-4-7(10)8(11)5-12-6-9/h7-8,10-11H,2-6,9H2,1H3. The molecule has 0 aliphatic heterocycles. The van der Waals surface area contributed by atoms with Gasteiger partial charge in [0.25, 0.3) is 0 Å². The van der Waals surface area contributed by atoms with Gasteiger partial charge in [0.1, 0.15) is 0 Å². The van der Waals surface area contributed by atoms with Crippen molar-refractivity contribution in [3.05, 3.63) is 0 Å². The first-order valence-electron chi connectivity index (χ1n) is 4.36. The van der Waals surface area contributed by atoms with Crippen molar-refractivity contribution >= 4 is 11.8 Å². The third kappa shape index (κ3) is 5.83. The van der Waals surface area contributed by atoms with E-state index in [4.69, 9.17) is 5.73 Å². The van der Waals surface area contributed by atoms with Crippen LogP contribution in [0.4, 0.5) is 0 Å². The van der Waals surface area contributed by atoms with E-state index in [1.165, 1.54) is 11.8 Å². The van der Waals surface area contributed by atoms with Crippen LogP contribution in [-0.2, 0) is 0 Å². The first-order chi connectivity index (χ1) is 5.72. The molecule has 0 amide bonds. The van der Waals surface area contributed by atoms with E-state index in [0.29, 0.717) is 18.1 Å². The summed E-state index contributed by atoms with van der Waals surface area (Å²) >= 11 is 1.45. The fourth-order valence-electron chi connectivity index (χ4n) is 0.906. The van der Waals surface area contributed by atoms with Crippen molar-refractivity contribution in [2.75, 3.05) is 11.6 Å². The maximum Gasteiger partial charge on any atom is 0.0889 e. The monoisotopic (exact) mass is 193 g/mol. The fraction of sp³-hybridized carbons (Fsp3) is 1.00. The molecule has 0 spiro atoms. The lowest BCUT2D eigenvalue weighted by Crippen LogP contribution is -2.28. The van der Waals surface area contributed by atoms with Crippen LogP contribution in [0.2, 0.25) is 0 Å². The molecular weight excluding hydrogens is 174 g/mol. The number of hydrogen-bond acceptors (Lipinski definition) is 4. The molecule has 0 aliphatic carbocycles.